The number of carbonyl (C=O) groups excluding carboxylic acids is 2. The molecule has 0 spiro atoms. The second kappa shape index (κ2) is 9.54. The normalized spacial score (nSPS) is 10.9. The van der Waals surface area contributed by atoms with Crippen molar-refractivity contribution in [3.63, 3.8) is 0 Å². The number of aromatic nitrogens is 2. The van der Waals surface area contributed by atoms with E-state index in [2.05, 4.69) is 15.3 Å². The molecule has 5 rings (SSSR count). The number of para-hydroxylation sites is 1. The molecule has 0 aliphatic heterocycles. The smallest absolute Gasteiger partial charge is 0.339 e. The maximum Gasteiger partial charge on any atom is 0.339 e. The van der Waals surface area contributed by atoms with E-state index in [0.29, 0.717) is 16.3 Å². The van der Waals surface area contributed by atoms with Crippen LogP contribution in [0, 0.1) is 6.92 Å². The van der Waals surface area contributed by atoms with E-state index in [9.17, 15) is 9.59 Å². The van der Waals surface area contributed by atoms with Crippen LogP contribution in [0.4, 0.5) is 5.13 Å². The molecule has 1 N–H and O–H groups in total. The minimum absolute atomic E-state index is 0.366. The molecular weight excluding hydrogens is 466 g/mol. The lowest BCUT2D eigenvalue weighted by molar-refractivity contribution is -0.119. The number of amides is 1. The van der Waals surface area contributed by atoms with Gasteiger partial charge in [0, 0.05) is 16.5 Å². The summed E-state index contributed by atoms with van der Waals surface area (Å²) in [4.78, 5) is 34.3. The van der Waals surface area contributed by atoms with E-state index in [4.69, 9.17) is 4.74 Å². The Morgan fingerprint density at radius 1 is 0.941 bits per heavy atom. The molecule has 0 fully saturated rings. The highest BCUT2D eigenvalue weighted by atomic mass is 32.1. The van der Waals surface area contributed by atoms with Crippen molar-refractivity contribution >= 4 is 49.9 Å². The number of hydrogen-bond donors (Lipinski definition) is 1. The molecule has 0 atom stereocenters. The van der Waals surface area contributed by atoms with Gasteiger partial charge in [-0.25, -0.2) is 14.8 Å². The van der Waals surface area contributed by atoms with Crippen molar-refractivity contribution in [3.05, 3.63) is 89.3 Å². The summed E-state index contributed by atoms with van der Waals surface area (Å²) in [5.41, 5.74) is 4.84. The van der Waals surface area contributed by atoms with Gasteiger partial charge in [0.15, 0.2) is 11.7 Å². The number of carbonyl (C=O) groups is 2. The van der Waals surface area contributed by atoms with Crippen molar-refractivity contribution in [1.82, 2.24) is 9.97 Å². The van der Waals surface area contributed by atoms with Crippen molar-refractivity contribution in [2.75, 3.05) is 11.9 Å². The van der Waals surface area contributed by atoms with E-state index in [1.807, 2.05) is 73.0 Å². The van der Waals surface area contributed by atoms with Gasteiger partial charge in [0.2, 0.25) is 0 Å². The standard InChI is InChI=1S/C26H19N3O3S2/c1-16-10-12-17(13-11-16)21-15-33-26(28-21)29-23(30)14-32-25(31)19-7-3-2-6-18(19)24-27-20-8-4-5-9-22(20)34-24/h2-13,15H,14H2,1H3,(H,28,29,30). The van der Waals surface area contributed by atoms with E-state index >= 15 is 0 Å². The molecule has 8 heteroatoms. The highest BCUT2D eigenvalue weighted by molar-refractivity contribution is 7.21. The Balaban J connectivity index is 1.24. The molecule has 2 heterocycles. The Labute approximate surface area is 203 Å². The number of fused-ring (bicyclic) bond motifs is 1. The number of benzene rings is 3. The molecule has 5 aromatic rings. The first kappa shape index (κ1) is 21.9. The first-order chi connectivity index (χ1) is 16.6. The zero-order valence-electron chi connectivity index (χ0n) is 18.1. The second-order valence-corrected chi connectivity index (χ2v) is 9.45. The van der Waals surface area contributed by atoms with Gasteiger partial charge in [-0.15, -0.1) is 22.7 Å². The van der Waals surface area contributed by atoms with Gasteiger partial charge in [0.1, 0.15) is 5.01 Å². The third-order valence-electron chi connectivity index (χ3n) is 5.10. The molecule has 34 heavy (non-hydrogen) atoms. The van der Waals surface area contributed by atoms with Gasteiger partial charge < -0.3 is 4.74 Å². The number of thiazole rings is 2. The van der Waals surface area contributed by atoms with E-state index in [1.165, 1.54) is 28.2 Å². The summed E-state index contributed by atoms with van der Waals surface area (Å²) in [6.07, 6.45) is 0. The van der Waals surface area contributed by atoms with Gasteiger partial charge in [0.25, 0.3) is 5.91 Å². The molecule has 6 nitrogen and oxygen atoms in total. The summed E-state index contributed by atoms with van der Waals surface area (Å²) in [7, 11) is 0. The van der Waals surface area contributed by atoms with Gasteiger partial charge in [-0.1, -0.05) is 60.2 Å². The third-order valence-corrected chi connectivity index (χ3v) is 6.93. The third kappa shape index (κ3) is 4.73. The lowest BCUT2D eigenvalue weighted by Gasteiger charge is -2.08. The molecule has 0 saturated carbocycles. The Kier molecular flexibility index (Phi) is 6.16. The number of esters is 1. The monoisotopic (exact) mass is 485 g/mol. The largest absolute Gasteiger partial charge is 0.452 e. The number of nitrogens with one attached hydrogen (secondary N) is 1. The maximum absolute atomic E-state index is 12.8. The molecule has 0 unspecified atom stereocenters. The predicted molar refractivity (Wildman–Crippen MR) is 136 cm³/mol. The summed E-state index contributed by atoms with van der Waals surface area (Å²) in [6, 6.07) is 22.9. The number of nitrogens with zero attached hydrogens (tertiary/aromatic N) is 2. The Morgan fingerprint density at radius 3 is 2.53 bits per heavy atom. The van der Waals surface area contributed by atoms with Crippen LogP contribution in [0.3, 0.4) is 0 Å². The van der Waals surface area contributed by atoms with E-state index in [0.717, 1.165) is 26.5 Å². The zero-order valence-corrected chi connectivity index (χ0v) is 19.8. The lowest BCUT2D eigenvalue weighted by atomic mass is 10.1. The van der Waals surface area contributed by atoms with Crippen LogP contribution >= 0.6 is 22.7 Å². The summed E-state index contributed by atoms with van der Waals surface area (Å²) < 4.78 is 6.34. The van der Waals surface area contributed by atoms with Crippen LogP contribution in [0.1, 0.15) is 15.9 Å². The van der Waals surface area contributed by atoms with Gasteiger partial charge in [-0.05, 0) is 25.1 Å². The highest BCUT2D eigenvalue weighted by Gasteiger charge is 2.18. The summed E-state index contributed by atoms with van der Waals surface area (Å²) in [6.45, 7) is 1.61. The topological polar surface area (TPSA) is 81.2 Å². The first-order valence-corrected chi connectivity index (χ1v) is 12.2. The van der Waals surface area contributed by atoms with Gasteiger partial charge in [0.05, 0.1) is 21.5 Å². The molecule has 0 aliphatic carbocycles. The first-order valence-electron chi connectivity index (χ1n) is 10.5. The summed E-state index contributed by atoms with van der Waals surface area (Å²) >= 11 is 2.82. The van der Waals surface area contributed by atoms with Crippen LogP contribution in [-0.2, 0) is 9.53 Å². The van der Waals surface area contributed by atoms with Gasteiger partial charge in [-0.3, -0.25) is 10.1 Å². The molecule has 168 valence electrons. The number of aryl methyl sites for hydroxylation is 1. The Morgan fingerprint density at radius 2 is 1.71 bits per heavy atom. The Bertz CT molecular complexity index is 1460. The predicted octanol–water partition coefficient (Wildman–Crippen LogP) is 6.19. The number of ether oxygens (including phenoxy) is 1. The van der Waals surface area contributed by atoms with Crippen LogP contribution in [0.5, 0.6) is 0 Å². The summed E-state index contributed by atoms with van der Waals surface area (Å²) in [5, 5.41) is 5.75. The molecule has 0 saturated heterocycles. The average Bonchev–Trinajstić information content (AvgIpc) is 3.50. The second-order valence-electron chi connectivity index (χ2n) is 7.56. The lowest BCUT2D eigenvalue weighted by Crippen LogP contribution is -2.21. The van der Waals surface area contributed by atoms with Crippen LogP contribution in [-0.4, -0.2) is 28.5 Å². The van der Waals surface area contributed by atoms with Crippen LogP contribution < -0.4 is 5.32 Å². The van der Waals surface area contributed by atoms with Crippen LogP contribution in [0.15, 0.2) is 78.2 Å². The van der Waals surface area contributed by atoms with Crippen molar-refractivity contribution in [1.29, 1.82) is 0 Å². The van der Waals surface area contributed by atoms with Gasteiger partial charge in [-0.2, -0.15) is 0 Å². The molecule has 0 aliphatic rings. The van der Waals surface area contributed by atoms with E-state index < -0.39 is 18.5 Å². The molecule has 0 radical (unpaired) electrons. The van der Waals surface area contributed by atoms with E-state index in [-0.39, 0.29) is 0 Å². The van der Waals surface area contributed by atoms with Crippen LogP contribution in [0.25, 0.3) is 32.0 Å². The van der Waals surface area contributed by atoms with E-state index in [1.54, 1.807) is 12.1 Å². The molecule has 0 bridgehead atoms. The molecule has 2 aromatic heterocycles. The molecular formula is C26H19N3O3S2. The number of hydrogen-bond acceptors (Lipinski definition) is 7. The fourth-order valence-corrected chi connectivity index (χ4v) is 5.13. The van der Waals surface area contributed by atoms with Crippen molar-refractivity contribution < 1.29 is 14.3 Å². The zero-order chi connectivity index (χ0) is 23.5. The highest BCUT2D eigenvalue weighted by Crippen LogP contribution is 2.32. The fraction of sp³-hybridized carbons (Fsp3) is 0.0769. The molecule has 3 aromatic carbocycles. The maximum atomic E-state index is 12.8. The Hall–Kier alpha value is -3.88. The fourth-order valence-electron chi connectivity index (χ4n) is 3.39. The van der Waals surface area contributed by atoms with Gasteiger partial charge >= 0.3 is 5.97 Å². The van der Waals surface area contributed by atoms with Crippen molar-refractivity contribution in [3.8, 4) is 21.8 Å². The minimum atomic E-state index is -0.579. The van der Waals surface area contributed by atoms with Crippen molar-refractivity contribution in [2.24, 2.45) is 0 Å². The van der Waals surface area contributed by atoms with Crippen molar-refractivity contribution in [2.45, 2.75) is 6.92 Å². The number of rotatable bonds is 6. The average molecular weight is 486 g/mol. The van der Waals surface area contributed by atoms with Crippen LogP contribution in [0.2, 0.25) is 0 Å². The molecule has 1 amide bonds. The minimum Gasteiger partial charge on any atom is -0.452 e. The quantitative estimate of drug-likeness (QED) is 0.290. The SMILES string of the molecule is Cc1ccc(-c2csc(NC(=O)COC(=O)c3ccccc3-c3nc4ccccc4s3)n2)cc1. The summed E-state index contributed by atoms with van der Waals surface area (Å²) in [5.74, 6) is -1.03. The number of anilines is 1.